The molecule has 1 fully saturated rings. The van der Waals surface area contributed by atoms with Gasteiger partial charge in [0.2, 0.25) is 0 Å². The minimum Gasteiger partial charge on any atom is -0.0533 e. The maximum absolute atomic E-state index is 3.80. The normalized spacial score (nSPS) is 20.6. The van der Waals surface area contributed by atoms with Gasteiger partial charge in [-0.25, -0.2) is 0 Å². The highest BCUT2D eigenvalue weighted by atomic mass is 14.2. The first kappa shape index (κ1) is 6.12. The minimum absolute atomic E-state index is 1.11. The van der Waals surface area contributed by atoms with Crippen molar-refractivity contribution in [3.05, 3.63) is 12.8 Å². The van der Waals surface area contributed by atoms with Gasteiger partial charge >= 0.3 is 0 Å². The van der Waals surface area contributed by atoms with Crippen LogP contribution in [0, 0.1) is 12.8 Å². The highest BCUT2D eigenvalue weighted by Crippen LogP contribution is 2.32. The van der Waals surface area contributed by atoms with E-state index in [-0.39, 0.29) is 0 Å². The van der Waals surface area contributed by atoms with Crippen LogP contribution in [0.1, 0.15) is 38.5 Å². The number of unbranched alkanes of at least 4 members (excludes halogenated alkanes) is 1. The zero-order valence-corrected chi connectivity index (χ0v) is 5.45. The number of hydrogen-bond donors (Lipinski definition) is 0. The van der Waals surface area contributed by atoms with Crippen LogP contribution in [-0.4, -0.2) is 0 Å². The van der Waals surface area contributed by atoms with Gasteiger partial charge in [0.15, 0.2) is 0 Å². The first-order valence-corrected chi connectivity index (χ1v) is 3.56. The molecule has 0 spiro atoms. The van der Waals surface area contributed by atoms with Gasteiger partial charge in [-0.1, -0.05) is 26.2 Å². The molecule has 0 aliphatic heterocycles. The Balaban J connectivity index is 1.86. The Morgan fingerprint density at radius 2 is 2.12 bits per heavy atom. The van der Waals surface area contributed by atoms with E-state index in [1.807, 2.05) is 0 Å². The Kier molecular flexibility index (Phi) is 2.38. The summed E-state index contributed by atoms with van der Waals surface area (Å²) in [6.07, 6.45) is 8.08. The van der Waals surface area contributed by atoms with Crippen molar-refractivity contribution in [3.63, 3.8) is 0 Å². The minimum atomic E-state index is 1.11. The van der Waals surface area contributed by atoms with Crippen LogP contribution in [0.25, 0.3) is 0 Å². The van der Waals surface area contributed by atoms with E-state index in [0.29, 0.717) is 0 Å². The molecule has 0 heteroatoms. The maximum Gasteiger partial charge on any atom is -0.0241 e. The van der Waals surface area contributed by atoms with E-state index in [9.17, 15) is 0 Å². The predicted molar refractivity (Wildman–Crippen MR) is 36.3 cm³/mol. The van der Waals surface area contributed by atoms with Gasteiger partial charge in [0.05, 0.1) is 0 Å². The van der Waals surface area contributed by atoms with Gasteiger partial charge in [0.25, 0.3) is 0 Å². The lowest BCUT2D eigenvalue weighted by Crippen LogP contribution is -2.07. The molecular weight excluding hydrogens is 96.1 g/mol. The molecule has 0 unspecified atom stereocenters. The van der Waals surface area contributed by atoms with Crippen molar-refractivity contribution in [1.29, 1.82) is 0 Å². The first-order chi connectivity index (χ1) is 3.93. The van der Waals surface area contributed by atoms with Gasteiger partial charge in [0, 0.05) is 0 Å². The van der Waals surface area contributed by atoms with E-state index in [1.54, 1.807) is 5.92 Å². The monoisotopic (exact) mass is 110 g/mol. The van der Waals surface area contributed by atoms with E-state index >= 15 is 0 Å². The molecule has 0 aromatic carbocycles. The fraction of sp³-hybridized carbons (Fsp3) is 0.750. The smallest absolute Gasteiger partial charge is 0.0241 e. The molecule has 0 bridgehead atoms. The van der Waals surface area contributed by atoms with Gasteiger partial charge in [-0.3, -0.25) is 0 Å². The van der Waals surface area contributed by atoms with Crippen molar-refractivity contribution >= 4 is 0 Å². The van der Waals surface area contributed by atoms with Crippen molar-refractivity contribution in [1.82, 2.24) is 0 Å². The molecule has 1 rings (SSSR count). The molecule has 2 radical (unpaired) electrons. The lowest BCUT2D eigenvalue weighted by molar-refractivity contribution is 0.496. The Bertz CT molecular complexity index is 53.1. The second-order valence-electron chi connectivity index (χ2n) is 2.56. The van der Waals surface area contributed by atoms with E-state index in [0.717, 1.165) is 6.42 Å². The van der Waals surface area contributed by atoms with Crippen LogP contribution in [0.4, 0.5) is 0 Å². The molecule has 0 nitrogen and oxygen atoms in total. The molecule has 0 N–H and O–H groups in total. The summed E-state index contributed by atoms with van der Waals surface area (Å²) < 4.78 is 0. The van der Waals surface area contributed by atoms with Crippen LogP contribution >= 0.6 is 0 Å². The third kappa shape index (κ3) is 1.50. The van der Waals surface area contributed by atoms with Crippen LogP contribution < -0.4 is 0 Å². The third-order valence-corrected chi connectivity index (χ3v) is 1.84. The molecule has 0 saturated heterocycles. The third-order valence-electron chi connectivity index (χ3n) is 1.84. The molecule has 0 aromatic heterocycles. The average molecular weight is 110 g/mol. The quantitative estimate of drug-likeness (QED) is 0.524. The van der Waals surface area contributed by atoms with Crippen LogP contribution in [-0.2, 0) is 0 Å². The molecule has 0 amide bonds. The van der Waals surface area contributed by atoms with E-state index in [2.05, 4.69) is 6.92 Å². The Morgan fingerprint density at radius 3 is 2.50 bits per heavy atom. The lowest BCUT2D eigenvalue weighted by atomic mass is 9.82. The van der Waals surface area contributed by atoms with Gasteiger partial charge in [-0.05, 0) is 25.2 Å². The molecule has 46 valence electrons. The van der Waals surface area contributed by atoms with Gasteiger partial charge in [-0.15, -0.1) is 0 Å². The van der Waals surface area contributed by atoms with Crippen LogP contribution in [0.15, 0.2) is 0 Å². The lowest BCUT2D eigenvalue weighted by Gasteiger charge is -2.23. The zero-order chi connectivity index (χ0) is 5.82. The molecule has 0 heterocycles. The first-order valence-electron chi connectivity index (χ1n) is 3.56. The van der Waals surface area contributed by atoms with Crippen molar-refractivity contribution in [3.8, 4) is 0 Å². The molecule has 0 atom stereocenters. The highest BCUT2D eigenvalue weighted by Gasteiger charge is 2.16. The summed E-state index contributed by atoms with van der Waals surface area (Å²) >= 11 is 0. The van der Waals surface area contributed by atoms with Crippen LogP contribution in [0.3, 0.4) is 0 Å². The highest BCUT2D eigenvalue weighted by molar-refractivity contribution is 4.97. The van der Waals surface area contributed by atoms with Crippen LogP contribution in [0.2, 0.25) is 0 Å². The molecule has 1 saturated carbocycles. The topological polar surface area (TPSA) is 0 Å². The van der Waals surface area contributed by atoms with E-state index in [1.165, 1.54) is 32.1 Å². The standard InChI is InChI=1S/C8H14/c1-2-3-5-8-6-4-7-8/h1-7H2. The summed E-state index contributed by atoms with van der Waals surface area (Å²) in [4.78, 5) is 0. The summed E-state index contributed by atoms with van der Waals surface area (Å²) in [5.41, 5.74) is 0. The number of rotatable bonds is 3. The van der Waals surface area contributed by atoms with E-state index in [4.69, 9.17) is 0 Å². The SMILES string of the molecule is [CH2]CCC[C]1CCC1. The molecular formula is C8H14. The average Bonchev–Trinajstić information content (AvgIpc) is 1.63. The largest absolute Gasteiger partial charge is 0.0533 e. The fourth-order valence-corrected chi connectivity index (χ4v) is 1.05. The van der Waals surface area contributed by atoms with E-state index < -0.39 is 0 Å². The summed E-state index contributed by atoms with van der Waals surface area (Å²) in [6.45, 7) is 3.80. The van der Waals surface area contributed by atoms with Crippen molar-refractivity contribution in [2.45, 2.75) is 38.5 Å². The summed E-state index contributed by atoms with van der Waals surface area (Å²) in [5.74, 6) is 1.79. The van der Waals surface area contributed by atoms with Crippen molar-refractivity contribution < 1.29 is 0 Å². The maximum atomic E-state index is 3.80. The molecule has 8 heavy (non-hydrogen) atoms. The summed E-state index contributed by atoms with van der Waals surface area (Å²) in [7, 11) is 0. The van der Waals surface area contributed by atoms with Crippen molar-refractivity contribution in [2.75, 3.05) is 0 Å². The fourth-order valence-electron chi connectivity index (χ4n) is 1.05. The molecule has 1 aliphatic carbocycles. The van der Waals surface area contributed by atoms with Gasteiger partial charge in [-0.2, -0.15) is 0 Å². The predicted octanol–water partition coefficient (Wildman–Crippen LogP) is 2.75. The Morgan fingerprint density at radius 1 is 1.38 bits per heavy atom. The summed E-state index contributed by atoms with van der Waals surface area (Å²) in [5, 5.41) is 0. The number of hydrogen-bond acceptors (Lipinski definition) is 0. The Labute approximate surface area is 52.3 Å². The molecule has 0 aromatic rings. The second kappa shape index (κ2) is 3.11. The summed E-state index contributed by atoms with van der Waals surface area (Å²) in [6, 6.07) is 0. The van der Waals surface area contributed by atoms with Gasteiger partial charge < -0.3 is 0 Å². The van der Waals surface area contributed by atoms with Gasteiger partial charge in [0.1, 0.15) is 0 Å². The van der Waals surface area contributed by atoms with Crippen molar-refractivity contribution in [2.24, 2.45) is 0 Å². The molecule has 1 aliphatic rings. The second-order valence-corrected chi connectivity index (χ2v) is 2.56. The van der Waals surface area contributed by atoms with Crippen LogP contribution in [0.5, 0.6) is 0 Å². The zero-order valence-electron chi connectivity index (χ0n) is 5.45. The Hall–Kier alpha value is 0.